The molecule has 0 amide bonds. The summed E-state index contributed by atoms with van der Waals surface area (Å²) in [5.41, 5.74) is 6.90. The number of hydrogen-bond donors (Lipinski definition) is 0. The molecule has 0 atom stereocenters. The van der Waals surface area contributed by atoms with E-state index in [1.165, 1.54) is 33.2 Å². The quantitative estimate of drug-likeness (QED) is 0.313. The average Bonchev–Trinajstić information content (AvgIpc) is 3.11. The normalized spacial score (nSPS) is 13.1. The van der Waals surface area contributed by atoms with Crippen LogP contribution >= 0.6 is 0 Å². The number of fused-ring (bicyclic) bond motifs is 3. The van der Waals surface area contributed by atoms with Gasteiger partial charge >= 0.3 is 0 Å². The number of hydrogen-bond acceptors (Lipinski definition) is 2. The zero-order valence-corrected chi connectivity index (χ0v) is 16.7. The summed E-state index contributed by atoms with van der Waals surface area (Å²) in [6.45, 7) is 11.0. The zero-order chi connectivity index (χ0) is 19.1. The van der Waals surface area contributed by atoms with Crippen molar-refractivity contribution in [3.63, 3.8) is 0 Å². The largest absolute Gasteiger partial charge is 0.464 e. The molecular formula is C24H24NO2+. The van der Waals surface area contributed by atoms with Crippen LogP contribution in [-0.2, 0) is 12.5 Å². The predicted octanol–water partition coefficient (Wildman–Crippen LogP) is 6.10. The van der Waals surface area contributed by atoms with Gasteiger partial charge < -0.3 is 9.15 Å². The Hall–Kier alpha value is -2.81. The maximum Gasteiger partial charge on any atom is 0.228 e. The Balaban J connectivity index is 1.97. The van der Waals surface area contributed by atoms with E-state index in [-0.39, 0.29) is 5.41 Å². The molecule has 2 aromatic carbocycles. The Morgan fingerprint density at radius 1 is 1.00 bits per heavy atom. The van der Waals surface area contributed by atoms with E-state index in [0.717, 1.165) is 28.0 Å². The molecule has 0 fully saturated rings. The lowest BCUT2D eigenvalue weighted by Gasteiger charge is -2.26. The molecule has 3 heterocycles. The van der Waals surface area contributed by atoms with E-state index in [4.69, 9.17) is 9.15 Å². The fourth-order valence-corrected chi connectivity index (χ4v) is 4.29. The van der Waals surface area contributed by atoms with Crippen LogP contribution in [0.3, 0.4) is 0 Å². The molecule has 0 unspecified atom stereocenters. The molecular weight excluding hydrogens is 334 g/mol. The number of rotatable bonds is 0. The standard InChI is InChI=1S/C24H24NO2/c1-13-17-8-10-26-22(17)14(2)23-19(13)21-20-15(7-9-25(21)6)11-16(24(3,4)5)12-18(20)27-23/h7-12H,1-6H3/q+1. The highest BCUT2D eigenvalue weighted by Gasteiger charge is 2.33. The van der Waals surface area contributed by atoms with Crippen LogP contribution in [0.1, 0.15) is 37.5 Å². The van der Waals surface area contributed by atoms with Crippen LogP contribution in [0.2, 0.25) is 0 Å². The summed E-state index contributed by atoms with van der Waals surface area (Å²) in [4.78, 5) is 0. The van der Waals surface area contributed by atoms with E-state index in [9.17, 15) is 0 Å². The van der Waals surface area contributed by atoms with Gasteiger partial charge in [-0.05, 0) is 54.0 Å². The molecule has 4 aromatic rings. The Kier molecular flexibility index (Phi) is 3.11. The topological polar surface area (TPSA) is 26.2 Å². The van der Waals surface area contributed by atoms with Crippen molar-refractivity contribution < 1.29 is 13.7 Å². The van der Waals surface area contributed by atoms with Crippen molar-refractivity contribution in [1.82, 2.24) is 0 Å². The highest BCUT2D eigenvalue weighted by molar-refractivity contribution is 6.05. The number of nitrogens with zero attached hydrogens (tertiary/aromatic N) is 1. The van der Waals surface area contributed by atoms with E-state index in [0.29, 0.717) is 0 Å². The molecule has 3 heteroatoms. The van der Waals surface area contributed by atoms with Gasteiger partial charge in [0.1, 0.15) is 24.1 Å². The number of aromatic nitrogens is 1. The van der Waals surface area contributed by atoms with Crippen molar-refractivity contribution in [2.45, 2.75) is 40.0 Å². The molecule has 0 N–H and O–H groups in total. The van der Waals surface area contributed by atoms with Crippen molar-refractivity contribution in [3.8, 4) is 22.8 Å². The Morgan fingerprint density at radius 2 is 1.78 bits per heavy atom. The van der Waals surface area contributed by atoms with Crippen LogP contribution < -0.4 is 9.30 Å². The smallest absolute Gasteiger partial charge is 0.228 e. The third kappa shape index (κ3) is 2.11. The van der Waals surface area contributed by atoms with Gasteiger partial charge in [-0.2, -0.15) is 0 Å². The van der Waals surface area contributed by atoms with Crippen LogP contribution in [0.25, 0.3) is 33.0 Å². The molecule has 1 aliphatic rings. The number of aryl methyl sites for hydroxylation is 3. The minimum absolute atomic E-state index is 0.0580. The van der Waals surface area contributed by atoms with Gasteiger partial charge in [-0.1, -0.05) is 20.8 Å². The SMILES string of the molecule is Cc1c2c(c(C)c3occc13)Oc1cc(C(C)(C)C)cc3cc[n+](C)c-2c13. The summed E-state index contributed by atoms with van der Waals surface area (Å²) in [7, 11) is 2.11. The van der Waals surface area contributed by atoms with Crippen molar-refractivity contribution >= 4 is 21.7 Å². The highest BCUT2D eigenvalue weighted by atomic mass is 16.5. The first-order chi connectivity index (χ1) is 12.8. The second-order valence-corrected chi connectivity index (χ2v) is 8.68. The van der Waals surface area contributed by atoms with Crippen LogP contribution in [0.4, 0.5) is 0 Å². The molecule has 0 saturated heterocycles. The van der Waals surface area contributed by atoms with E-state index < -0.39 is 0 Å². The number of benzene rings is 2. The van der Waals surface area contributed by atoms with Gasteiger partial charge in [0.05, 0.1) is 17.2 Å². The fourth-order valence-electron chi connectivity index (χ4n) is 4.29. The molecule has 1 aliphatic heterocycles. The molecule has 2 aromatic heterocycles. The second-order valence-electron chi connectivity index (χ2n) is 8.68. The lowest BCUT2D eigenvalue weighted by molar-refractivity contribution is -0.659. The number of ether oxygens (including phenoxy) is 1. The van der Waals surface area contributed by atoms with E-state index in [2.05, 4.69) is 76.7 Å². The minimum atomic E-state index is 0.0580. The first-order valence-electron chi connectivity index (χ1n) is 9.43. The van der Waals surface area contributed by atoms with Crippen LogP contribution in [-0.4, -0.2) is 0 Å². The summed E-state index contributed by atoms with van der Waals surface area (Å²) >= 11 is 0. The predicted molar refractivity (Wildman–Crippen MR) is 109 cm³/mol. The molecule has 0 aliphatic carbocycles. The summed E-state index contributed by atoms with van der Waals surface area (Å²) in [5, 5.41) is 3.56. The zero-order valence-electron chi connectivity index (χ0n) is 16.7. The molecule has 3 nitrogen and oxygen atoms in total. The van der Waals surface area contributed by atoms with Gasteiger partial charge in [0, 0.05) is 17.0 Å². The van der Waals surface area contributed by atoms with Gasteiger partial charge in [0.25, 0.3) is 0 Å². The average molecular weight is 358 g/mol. The number of furan rings is 1. The molecule has 0 saturated carbocycles. The van der Waals surface area contributed by atoms with Gasteiger partial charge in [0.15, 0.2) is 6.20 Å². The summed E-state index contributed by atoms with van der Waals surface area (Å²) in [5.74, 6) is 1.85. The van der Waals surface area contributed by atoms with Crippen LogP contribution in [0.15, 0.2) is 41.1 Å². The van der Waals surface area contributed by atoms with Crippen molar-refractivity contribution in [2.75, 3.05) is 0 Å². The third-order valence-electron chi connectivity index (χ3n) is 5.87. The molecule has 5 rings (SSSR count). The van der Waals surface area contributed by atoms with E-state index in [1.54, 1.807) is 6.26 Å². The van der Waals surface area contributed by atoms with Crippen LogP contribution in [0.5, 0.6) is 11.5 Å². The Labute approximate surface area is 159 Å². The molecule has 0 spiro atoms. The first kappa shape index (κ1) is 16.4. The maximum atomic E-state index is 6.56. The summed E-state index contributed by atoms with van der Waals surface area (Å²) in [6.07, 6.45) is 3.92. The van der Waals surface area contributed by atoms with Gasteiger partial charge in [0.2, 0.25) is 5.69 Å². The first-order valence-corrected chi connectivity index (χ1v) is 9.43. The van der Waals surface area contributed by atoms with Gasteiger partial charge in [-0.3, -0.25) is 0 Å². The molecule has 0 radical (unpaired) electrons. The molecule has 136 valence electrons. The Bertz CT molecular complexity index is 1260. The number of pyridine rings is 1. The highest BCUT2D eigenvalue weighted by Crippen LogP contribution is 2.51. The van der Waals surface area contributed by atoms with E-state index in [1.807, 2.05) is 0 Å². The summed E-state index contributed by atoms with van der Waals surface area (Å²) < 4.78 is 14.5. The van der Waals surface area contributed by atoms with Crippen LogP contribution in [0, 0.1) is 13.8 Å². The van der Waals surface area contributed by atoms with E-state index >= 15 is 0 Å². The fraction of sp³-hybridized carbons (Fsp3) is 0.292. The van der Waals surface area contributed by atoms with Gasteiger partial charge in [-0.25, -0.2) is 4.57 Å². The molecule has 27 heavy (non-hydrogen) atoms. The van der Waals surface area contributed by atoms with Crippen molar-refractivity contribution in [3.05, 3.63) is 53.4 Å². The van der Waals surface area contributed by atoms with Crippen molar-refractivity contribution in [1.29, 1.82) is 0 Å². The lowest BCUT2D eigenvalue weighted by Crippen LogP contribution is -2.32. The Morgan fingerprint density at radius 3 is 2.52 bits per heavy atom. The summed E-state index contributed by atoms with van der Waals surface area (Å²) in [6, 6.07) is 8.74. The lowest BCUT2D eigenvalue weighted by atomic mass is 9.84. The maximum absolute atomic E-state index is 6.56. The monoisotopic (exact) mass is 358 g/mol. The second kappa shape index (κ2) is 5.13. The minimum Gasteiger partial charge on any atom is -0.464 e. The third-order valence-corrected chi connectivity index (χ3v) is 5.87. The molecule has 0 bridgehead atoms. The van der Waals surface area contributed by atoms with Crippen molar-refractivity contribution in [2.24, 2.45) is 7.05 Å². The van der Waals surface area contributed by atoms with Gasteiger partial charge in [-0.15, -0.1) is 0 Å².